The molecule has 0 aliphatic carbocycles. The van der Waals surface area contributed by atoms with Crippen LogP contribution in [0.2, 0.25) is 0 Å². The highest BCUT2D eigenvalue weighted by atomic mass is 32.2. The molecular weight excluding hydrogens is 557 g/mol. The fourth-order valence-electron chi connectivity index (χ4n) is 4.51. The molecule has 0 unspecified atom stereocenters. The van der Waals surface area contributed by atoms with Gasteiger partial charge in [-0.2, -0.15) is 0 Å². The average Bonchev–Trinajstić information content (AvgIpc) is 2.96. The van der Waals surface area contributed by atoms with E-state index in [4.69, 9.17) is 4.74 Å². The van der Waals surface area contributed by atoms with Crippen LogP contribution in [0.1, 0.15) is 51.7 Å². The van der Waals surface area contributed by atoms with Gasteiger partial charge in [-0.25, -0.2) is 12.8 Å². The van der Waals surface area contributed by atoms with Crippen LogP contribution in [0.3, 0.4) is 0 Å². The van der Waals surface area contributed by atoms with Crippen LogP contribution >= 0.6 is 0 Å². The summed E-state index contributed by atoms with van der Waals surface area (Å²) in [4.78, 5) is 28.8. The summed E-state index contributed by atoms with van der Waals surface area (Å²) in [6.45, 7) is 9.33. The number of aryl methyl sites for hydroxylation is 1. The van der Waals surface area contributed by atoms with Crippen molar-refractivity contribution in [3.63, 3.8) is 0 Å². The Hall–Kier alpha value is -3.92. The Morgan fingerprint density at radius 1 is 0.952 bits per heavy atom. The van der Waals surface area contributed by atoms with Crippen molar-refractivity contribution in [3.05, 3.63) is 89.7 Å². The first-order valence-corrected chi connectivity index (χ1v) is 15.6. The minimum atomic E-state index is -4.28. The Morgan fingerprint density at radius 2 is 1.62 bits per heavy atom. The number of sulfonamides is 1. The SMILES string of the molecule is CCOc1ccc(S(=O)(=O)N(CC(=O)N(Cc2cccc(C)c2)[C@H](CC)C(=O)N[C@@H](C)CC)c2ccc(F)cc2)cc1. The van der Waals surface area contributed by atoms with Gasteiger partial charge in [0.05, 0.1) is 17.2 Å². The minimum absolute atomic E-state index is 0.0603. The molecule has 226 valence electrons. The third-order valence-corrected chi connectivity index (χ3v) is 8.73. The lowest BCUT2D eigenvalue weighted by Gasteiger charge is -2.33. The van der Waals surface area contributed by atoms with Crippen LogP contribution in [0.5, 0.6) is 5.75 Å². The van der Waals surface area contributed by atoms with E-state index in [1.165, 1.54) is 41.3 Å². The highest BCUT2D eigenvalue weighted by Gasteiger charge is 2.34. The molecule has 0 heterocycles. The number of amides is 2. The number of nitrogens with one attached hydrogen (secondary N) is 1. The molecule has 0 fully saturated rings. The first-order chi connectivity index (χ1) is 20.0. The van der Waals surface area contributed by atoms with Gasteiger partial charge in [-0.3, -0.25) is 13.9 Å². The molecule has 0 aliphatic heterocycles. The van der Waals surface area contributed by atoms with Gasteiger partial charge in [-0.15, -0.1) is 0 Å². The Morgan fingerprint density at radius 3 is 2.19 bits per heavy atom. The van der Waals surface area contributed by atoms with Crippen molar-refractivity contribution < 1.29 is 27.1 Å². The highest BCUT2D eigenvalue weighted by Crippen LogP contribution is 2.26. The van der Waals surface area contributed by atoms with E-state index < -0.39 is 34.3 Å². The van der Waals surface area contributed by atoms with Gasteiger partial charge in [0.25, 0.3) is 10.0 Å². The number of halogens is 1. The zero-order valence-electron chi connectivity index (χ0n) is 24.8. The van der Waals surface area contributed by atoms with Crippen molar-refractivity contribution in [2.75, 3.05) is 17.5 Å². The van der Waals surface area contributed by atoms with Crippen molar-refractivity contribution >= 4 is 27.5 Å². The van der Waals surface area contributed by atoms with Crippen molar-refractivity contribution in [3.8, 4) is 5.75 Å². The van der Waals surface area contributed by atoms with E-state index in [1.807, 2.05) is 58.9 Å². The van der Waals surface area contributed by atoms with E-state index in [0.29, 0.717) is 25.2 Å². The molecule has 1 N–H and O–H groups in total. The molecular formula is C32H40FN3O5S. The quantitative estimate of drug-likeness (QED) is 0.267. The van der Waals surface area contributed by atoms with Gasteiger partial charge in [0.15, 0.2) is 0 Å². The number of hydrogen-bond donors (Lipinski definition) is 1. The minimum Gasteiger partial charge on any atom is -0.494 e. The first kappa shape index (κ1) is 32.6. The summed E-state index contributed by atoms with van der Waals surface area (Å²) in [7, 11) is -4.28. The highest BCUT2D eigenvalue weighted by molar-refractivity contribution is 7.92. The van der Waals surface area contributed by atoms with Gasteiger partial charge in [0.2, 0.25) is 11.8 Å². The molecule has 2 amide bonds. The summed E-state index contributed by atoms with van der Waals surface area (Å²) < 4.78 is 48.1. The second-order valence-electron chi connectivity index (χ2n) is 10.1. The fraction of sp³-hybridized carbons (Fsp3) is 0.375. The molecule has 0 saturated carbocycles. The molecule has 3 aromatic carbocycles. The van der Waals surface area contributed by atoms with Crippen LogP contribution in [-0.2, 0) is 26.2 Å². The molecule has 42 heavy (non-hydrogen) atoms. The van der Waals surface area contributed by atoms with Gasteiger partial charge in [-0.05, 0) is 87.7 Å². The van der Waals surface area contributed by atoms with E-state index in [1.54, 1.807) is 0 Å². The zero-order valence-corrected chi connectivity index (χ0v) is 25.7. The van der Waals surface area contributed by atoms with E-state index in [9.17, 15) is 22.4 Å². The van der Waals surface area contributed by atoms with E-state index in [-0.39, 0.29) is 29.1 Å². The number of rotatable bonds is 14. The molecule has 10 heteroatoms. The number of carbonyl (C=O) groups is 2. The van der Waals surface area contributed by atoms with E-state index >= 15 is 0 Å². The van der Waals surface area contributed by atoms with Gasteiger partial charge in [0.1, 0.15) is 24.2 Å². The molecule has 0 radical (unpaired) electrons. The Balaban J connectivity index is 2.05. The lowest BCUT2D eigenvalue weighted by molar-refractivity contribution is -0.140. The zero-order chi connectivity index (χ0) is 30.9. The predicted octanol–water partition coefficient (Wildman–Crippen LogP) is 5.45. The topological polar surface area (TPSA) is 96.0 Å². The van der Waals surface area contributed by atoms with Crippen LogP contribution in [0, 0.1) is 12.7 Å². The van der Waals surface area contributed by atoms with Crippen molar-refractivity contribution in [1.29, 1.82) is 0 Å². The Labute approximate surface area is 248 Å². The number of carbonyl (C=O) groups excluding carboxylic acids is 2. The summed E-state index contributed by atoms with van der Waals surface area (Å²) in [5.74, 6) is -0.919. The molecule has 0 aromatic heterocycles. The molecule has 8 nitrogen and oxygen atoms in total. The lowest BCUT2D eigenvalue weighted by Crippen LogP contribution is -2.53. The lowest BCUT2D eigenvalue weighted by atomic mass is 10.1. The van der Waals surface area contributed by atoms with Crippen molar-refractivity contribution in [2.45, 2.75) is 71.0 Å². The summed E-state index contributed by atoms with van der Waals surface area (Å²) in [5, 5.41) is 2.96. The second kappa shape index (κ2) is 14.8. The van der Waals surface area contributed by atoms with Crippen molar-refractivity contribution in [2.24, 2.45) is 0 Å². The van der Waals surface area contributed by atoms with Crippen LogP contribution in [0.4, 0.5) is 10.1 Å². The standard InChI is InChI=1S/C32H40FN3O5S/c1-6-24(5)34-32(38)30(7-2)35(21-25-11-9-10-23(4)20-25)31(37)22-36(27-14-12-26(33)13-15-27)42(39,40)29-18-16-28(17-19-29)41-8-3/h9-20,24,30H,6-8,21-22H2,1-5H3,(H,34,38)/t24-,30+/m0/s1. The van der Waals surface area contributed by atoms with Gasteiger partial charge < -0.3 is 15.0 Å². The maximum absolute atomic E-state index is 14.1. The fourth-order valence-corrected chi connectivity index (χ4v) is 5.92. The summed E-state index contributed by atoms with van der Waals surface area (Å²) in [5.41, 5.74) is 1.91. The third-order valence-electron chi connectivity index (χ3n) is 6.94. The van der Waals surface area contributed by atoms with Gasteiger partial charge >= 0.3 is 0 Å². The van der Waals surface area contributed by atoms with E-state index in [0.717, 1.165) is 27.6 Å². The maximum atomic E-state index is 14.1. The molecule has 3 aromatic rings. The summed E-state index contributed by atoms with van der Waals surface area (Å²) in [6.07, 6.45) is 1.04. The van der Waals surface area contributed by atoms with Crippen LogP contribution in [0.15, 0.2) is 77.7 Å². The molecule has 2 atom stereocenters. The van der Waals surface area contributed by atoms with E-state index in [2.05, 4.69) is 5.32 Å². The van der Waals surface area contributed by atoms with Gasteiger partial charge in [0, 0.05) is 12.6 Å². The monoisotopic (exact) mass is 597 g/mol. The second-order valence-corrected chi connectivity index (χ2v) is 12.0. The van der Waals surface area contributed by atoms with Crippen LogP contribution in [0.25, 0.3) is 0 Å². The maximum Gasteiger partial charge on any atom is 0.264 e. The summed E-state index contributed by atoms with van der Waals surface area (Å²) >= 11 is 0. The number of hydrogen-bond acceptors (Lipinski definition) is 5. The largest absolute Gasteiger partial charge is 0.494 e. The molecule has 0 saturated heterocycles. The number of ether oxygens (including phenoxy) is 1. The Kier molecular flexibility index (Phi) is 11.5. The number of nitrogens with zero attached hydrogens (tertiary/aromatic N) is 2. The number of benzene rings is 3. The molecule has 0 spiro atoms. The molecule has 3 rings (SSSR count). The van der Waals surface area contributed by atoms with Crippen LogP contribution < -0.4 is 14.4 Å². The normalized spacial score (nSPS) is 12.7. The third kappa shape index (κ3) is 8.31. The van der Waals surface area contributed by atoms with Crippen LogP contribution in [-0.4, -0.2) is 50.4 Å². The van der Waals surface area contributed by atoms with Crippen molar-refractivity contribution in [1.82, 2.24) is 10.2 Å². The summed E-state index contributed by atoms with van der Waals surface area (Å²) in [6, 6.07) is 17.4. The number of anilines is 1. The average molecular weight is 598 g/mol. The smallest absolute Gasteiger partial charge is 0.264 e. The first-order valence-electron chi connectivity index (χ1n) is 14.2. The molecule has 0 bridgehead atoms. The molecule has 0 aliphatic rings. The van der Waals surface area contributed by atoms with Gasteiger partial charge in [-0.1, -0.05) is 43.7 Å². The predicted molar refractivity (Wildman–Crippen MR) is 162 cm³/mol. The Bertz CT molecular complexity index is 1450.